The van der Waals surface area contributed by atoms with Gasteiger partial charge in [-0.05, 0) is 54.1 Å². The molecule has 126 valence electrons. The molecule has 0 amide bonds. The van der Waals surface area contributed by atoms with Crippen molar-refractivity contribution in [1.29, 1.82) is 0 Å². The number of esters is 2. The first-order chi connectivity index (χ1) is 12.1. The third-order valence-corrected chi connectivity index (χ3v) is 3.92. The average Bonchev–Trinajstić information content (AvgIpc) is 2.62. The number of fused-ring (bicyclic) bond motifs is 1. The number of benzene rings is 2. The average molecular weight is 400 g/mol. The van der Waals surface area contributed by atoms with Gasteiger partial charge in [-0.15, -0.1) is 0 Å². The van der Waals surface area contributed by atoms with E-state index in [0.717, 1.165) is 15.2 Å². The predicted molar refractivity (Wildman–Crippen MR) is 96.8 cm³/mol. The van der Waals surface area contributed by atoms with Crippen molar-refractivity contribution in [2.75, 3.05) is 6.61 Å². The van der Waals surface area contributed by atoms with Crippen molar-refractivity contribution in [3.63, 3.8) is 0 Å². The Kier molecular flexibility index (Phi) is 5.09. The molecule has 0 radical (unpaired) electrons. The van der Waals surface area contributed by atoms with Gasteiger partial charge in [0.2, 0.25) is 0 Å². The minimum atomic E-state index is -0.636. The Hall–Kier alpha value is -2.73. The third-order valence-electron chi connectivity index (χ3n) is 3.43. The number of nitrogens with zero attached hydrogens (tertiary/aromatic N) is 1. The van der Waals surface area contributed by atoms with Crippen molar-refractivity contribution in [1.82, 2.24) is 4.98 Å². The van der Waals surface area contributed by atoms with Crippen LogP contribution in [0.25, 0.3) is 10.8 Å². The lowest BCUT2D eigenvalue weighted by atomic mass is 10.1. The summed E-state index contributed by atoms with van der Waals surface area (Å²) in [7, 11) is 0. The van der Waals surface area contributed by atoms with Crippen LogP contribution in [0, 0.1) is 0 Å². The fourth-order valence-corrected chi connectivity index (χ4v) is 2.66. The van der Waals surface area contributed by atoms with Crippen molar-refractivity contribution in [3.05, 3.63) is 70.5 Å². The van der Waals surface area contributed by atoms with E-state index in [1.807, 2.05) is 24.3 Å². The van der Waals surface area contributed by atoms with Crippen LogP contribution in [0.3, 0.4) is 0 Å². The molecule has 3 aromatic rings. The third kappa shape index (κ3) is 4.03. The summed E-state index contributed by atoms with van der Waals surface area (Å²) >= 11 is 3.42. The molecule has 0 spiro atoms. The first kappa shape index (κ1) is 17.1. The zero-order valence-electron chi connectivity index (χ0n) is 13.4. The topological polar surface area (TPSA) is 65.5 Å². The van der Waals surface area contributed by atoms with Crippen LogP contribution < -0.4 is 4.74 Å². The normalized spacial score (nSPS) is 10.5. The number of hydrogen-bond donors (Lipinski definition) is 0. The molecular weight excluding hydrogens is 386 g/mol. The van der Waals surface area contributed by atoms with Crippen LogP contribution in [-0.2, 0) is 4.74 Å². The maximum absolute atomic E-state index is 12.3. The van der Waals surface area contributed by atoms with Crippen molar-refractivity contribution in [2.24, 2.45) is 0 Å². The highest BCUT2D eigenvalue weighted by molar-refractivity contribution is 9.10. The van der Waals surface area contributed by atoms with Gasteiger partial charge >= 0.3 is 11.9 Å². The first-order valence-corrected chi connectivity index (χ1v) is 8.42. The van der Waals surface area contributed by atoms with Gasteiger partial charge < -0.3 is 9.47 Å². The highest BCUT2D eigenvalue weighted by Crippen LogP contribution is 2.24. The van der Waals surface area contributed by atoms with Gasteiger partial charge in [-0.2, -0.15) is 0 Å². The van der Waals surface area contributed by atoms with Crippen LogP contribution in [0.5, 0.6) is 5.75 Å². The summed E-state index contributed by atoms with van der Waals surface area (Å²) < 4.78 is 11.2. The summed E-state index contributed by atoms with van der Waals surface area (Å²) in [6.07, 6.45) is 0. The largest absolute Gasteiger partial charge is 0.461 e. The van der Waals surface area contributed by atoms with E-state index < -0.39 is 11.9 Å². The predicted octanol–water partition coefficient (Wildman–Crippen LogP) is 4.39. The van der Waals surface area contributed by atoms with E-state index in [1.165, 1.54) is 12.1 Å². The van der Waals surface area contributed by atoms with E-state index in [4.69, 9.17) is 9.47 Å². The molecule has 0 unspecified atom stereocenters. The molecule has 0 N–H and O–H groups in total. The number of ether oxygens (including phenoxy) is 2. The molecule has 0 saturated carbocycles. The van der Waals surface area contributed by atoms with Crippen LogP contribution in [0.2, 0.25) is 0 Å². The van der Waals surface area contributed by atoms with Crippen LogP contribution in [-0.4, -0.2) is 23.5 Å². The van der Waals surface area contributed by atoms with Crippen molar-refractivity contribution >= 4 is 38.6 Å². The SMILES string of the molecule is CCOC(=O)c1cccc(C(=O)Oc2ccc3cc(Br)ccc3c2)n1. The van der Waals surface area contributed by atoms with E-state index in [-0.39, 0.29) is 18.0 Å². The van der Waals surface area contributed by atoms with Crippen LogP contribution in [0.1, 0.15) is 27.9 Å². The summed E-state index contributed by atoms with van der Waals surface area (Å²) in [4.78, 5) is 28.0. The molecule has 0 aliphatic heterocycles. The molecule has 0 atom stereocenters. The van der Waals surface area contributed by atoms with Crippen LogP contribution in [0.15, 0.2) is 59.1 Å². The molecule has 0 aliphatic rings. The van der Waals surface area contributed by atoms with Crippen molar-refractivity contribution in [2.45, 2.75) is 6.92 Å². The lowest BCUT2D eigenvalue weighted by molar-refractivity contribution is 0.0519. The van der Waals surface area contributed by atoms with Gasteiger partial charge in [-0.3, -0.25) is 0 Å². The number of halogens is 1. The van der Waals surface area contributed by atoms with Gasteiger partial charge in [0.25, 0.3) is 0 Å². The van der Waals surface area contributed by atoms with E-state index in [1.54, 1.807) is 25.1 Å². The van der Waals surface area contributed by atoms with Gasteiger partial charge in [0.05, 0.1) is 6.61 Å². The van der Waals surface area contributed by atoms with Gasteiger partial charge in [0.15, 0.2) is 0 Å². The molecule has 3 rings (SSSR count). The zero-order chi connectivity index (χ0) is 17.8. The maximum Gasteiger partial charge on any atom is 0.362 e. The minimum Gasteiger partial charge on any atom is -0.461 e. The highest BCUT2D eigenvalue weighted by atomic mass is 79.9. The molecule has 5 nitrogen and oxygen atoms in total. The quantitative estimate of drug-likeness (QED) is 0.480. The highest BCUT2D eigenvalue weighted by Gasteiger charge is 2.15. The Labute approximate surface area is 152 Å². The lowest BCUT2D eigenvalue weighted by Gasteiger charge is -2.07. The van der Waals surface area contributed by atoms with Crippen molar-refractivity contribution < 1.29 is 19.1 Å². The van der Waals surface area contributed by atoms with Crippen molar-refractivity contribution in [3.8, 4) is 5.75 Å². The lowest BCUT2D eigenvalue weighted by Crippen LogP contribution is -2.14. The maximum atomic E-state index is 12.3. The Balaban J connectivity index is 1.81. The molecule has 1 heterocycles. The van der Waals surface area contributed by atoms with E-state index in [9.17, 15) is 9.59 Å². The zero-order valence-corrected chi connectivity index (χ0v) is 14.9. The molecule has 2 aromatic carbocycles. The smallest absolute Gasteiger partial charge is 0.362 e. The molecule has 0 fully saturated rings. The monoisotopic (exact) mass is 399 g/mol. The number of carbonyl (C=O) groups is 2. The van der Waals surface area contributed by atoms with Gasteiger partial charge in [0, 0.05) is 4.47 Å². The van der Waals surface area contributed by atoms with E-state index in [2.05, 4.69) is 20.9 Å². The first-order valence-electron chi connectivity index (χ1n) is 7.62. The molecule has 0 bridgehead atoms. The number of rotatable bonds is 4. The summed E-state index contributed by atoms with van der Waals surface area (Å²) in [5.41, 5.74) is 0.112. The molecule has 6 heteroatoms. The van der Waals surface area contributed by atoms with E-state index >= 15 is 0 Å². The second-order valence-electron chi connectivity index (χ2n) is 5.17. The Morgan fingerprint density at radius 3 is 2.40 bits per heavy atom. The molecule has 25 heavy (non-hydrogen) atoms. The van der Waals surface area contributed by atoms with Gasteiger partial charge in [-0.1, -0.05) is 34.1 Å². The second kappa shape index (κ2) is 7.44. The summed E-state index contributed by atoms with van der Waals surface area (Å²) in [6.45, 7) is 1.94. The fourth-order valence-electron chi connectivity index (χ4n) is 2.28. The molecule has 0 aliphatic carbocycles. The van der Waals surface area contributed by atoms with Crippen LogP contribution >= 0.6 is 15.9 Å². The number of hydrogen-bond acceptors (Lipinski definition) is 5. The standard InChI is InChI=1S/C19H14BrNO4/c1-2-24-18(22)16-4-3-5-17(21-16)19(23)25-15-9-7-12-10-14(20)8-6-13(12)11-15/h3-11H,2H2,1H3. The van der Waals surface area contributed by atoms with Gasteiger partial charge in [-0.25, -0.2) is 14.6 Å². The number of carbonyl (C=O) groups excluding carboxylic acids is 2. The van der Waals surface area contributed by atoms with Gasteiger partial charge in [0.1, 0.15) is 17.1 Å². The fraction of sp³-hybridized carbons (Fsp3) is 0.105. The molecule has 0 saturated heterocycles. The summed E-state index contributed by atoms with van der Waals surface area (Å²) in [5, 5.41) is 1.97. The summed E-state index contributed by atoms with van der Waals surface area (Å²) in [5.74, 6) is -0.806. The number of pyridine rings is 1. The Morgan fingerprint density at radius 2 is 1.64 bits per heavy atom. The second-order valence-corrected chi connectivity index (χ2v) is 6.09. The molecule has 1 aromatic heterocycles. The minimum absolute atomic E-state index is 0.0430. The van der Waals surface area contributed by atoms with Crippen LogP contribution in [0.4, 0.5) is 0 Å². The summed E-state index contributed by atoms with van der Waals surface area (Å²) in [6, 6.07) is 15.7. The number of aromatic nitrogens is 1. The Morgan fingerprint density at radius 1 is 0.960 bits per heavy atom. The molecular formula is C19H14BrNO4. The Bertz CT molecular complexity index is 955. The van der Waals surface area contributed by atoms with E-state index in [0.29, 0.717) is 5.75 Å².